The Bertz CT molecular complexity index is 1260. The van der Waals surface area contributed by atoms with E-state index in [0.717, 1.165) is 86.2 Å². The second kappa shape index (κ2) is 19.9. The molecule has 7 nitrogen and oxygen atoms in total. The molecule has 0 fully saturated rings. The van der Waals surface area contributed by atoms with E-state index < -0.39 is 0 Å². The maximum absolute atomic E-state index is 13.5. The van der Waals surface area contributed by atoms with Crippen molar-refractivity contribution in [3.05, 3.63) is 60.6 Å². The van der Waals surface area contributed by atoms with Crippen molar-refractivity contribution >= 4 is 28.7 Å². The maximum Gasteiger partial charge on any atom is 0.200 e. The normalized spacial score (nSPS) is 17.2. The lowest BCUT2D eigenvalue weighted by molar-refractivity contribution is -0.123. The predicted octanol–water partition coefficient (Wildman–Crippen LogP) is 10.3. The number of carbonyl (C=O) groups excluding carboxylic acids is 1. The van der Waals surface area contributed by atoms with Crippen molar-refractivity contribution in [1.29, 1.82) is 0 Å². The van der Waals surface area contributed by atoms with Crippen LogP contribution in [0.4, 0.5) is 11.5 Å². The molecule has 0 spiro atoms. The standard InChI is InChI=1S/C38H59N5O2/c1-11-19-30(13-3)36(31(14-4)24-39-28(9)27(8)12-2)43-35-29(10)40-25-41-38(35)42-32(15-5)21-22-33(26(6)7)37(44)34-20-17-16-18-23-45-34/h14,18,20,23-27,30,32-33H,4,11-13,15-17,19,21-22H2,1-3,5-10H3,(H,40,41,42). The van der Waals surface area contributed by atoms with Gasteiger partial charge in [0.25, 0.3) is 0 Å². The second-order valence-corrected chi connectivity index (χ2v) is 12.6. The van der Waals surface area contributed by atoms with Gasteiger partial charge in [0.1, 0.15) is 12.0 Å². The molecule has 248 valence electrons. The number of nitrogens with zero attached hydrogens (tertiary/aromatic N) is 4. The Labute approximate surface area is 273 Å². The van der Waals surface area contributed by atoms with Crippen molar-refractivity contribution in [3.63, 3.8) is 0 Å². The molecule has 1 aromatic rings. The highest BCUT2D eigenvalue weighted by atomic mass is 16.5. The van der Waals surface area contributed by atoms with Gasteiger partial charge < -0.3 is 10.1 Å². The minimum atomic E-state index is -0.117. The van der Waals surface area contributed by atoms with E-state index in [9.17, 15) is 4.79 Å². The molecule has 2 rings (SSSR count). The van der Waals surface area contributed by atoms with Crippen LogP contribution < -0.4 is 5.32 Å². The van der Waals surface area contributed by atoms with Gasteiger partial charge in [-0.05, 0) is 89.2 Å². The lowest BCUT2D eigenvalue weighted by Crippen LogP contribution is -2.27. The van der Waals surface area contributed by atoms with E-state index in [1.807, 2.05) is 31.4 Å². The van der Waals surface area contributed by atoms with Gasteiger partial charge in [-0.2, -0.15) is 0 Å². The van der Waals surface area contributed by atoms with E-state index in [-0.39, 0.29) is 29.6 Å². The summed E-state index contributed by atoms with van der Waals surface area (Å²) in [6, 6.07) is 0.115. The van der Waals surface area contributed by atoms with E-state index in [1.165, 1.54) is 0 Å². The minimum absolute atomic E-state index is 0.0933. The summed E-state index contributed by atoms with van der Waals surface area (Å²) < 4.78 is 5.68. The first kappa shape index (κ1) is 37.8. The van der Waals surface area contributed by atoms with Crippen molar-refractivity contribution in [2.75, 3.05) is 5.32 Å². The molecule has 4 unspecified atom stereocenters. The Hall–Kier alpha value is -3.35. The van der Waals surface area contributed by atoms with Gasteiger partial charge in [0.2, 0.25) is 5.78 Å². The number of aromatic nitrogens is 2. The number of ketones is 1. The zero-order valence-corrected chi connectivity index (χ0v) is 29.5. The highest BCUT2D eigenvalue weighted by molar-refractivity contribution is 6.06. The zero-order chi connectivity index (χ0) is 33.4. The second-order valence-electron chi connectivity index (χ2n) is 12.6. The number of nitrogens with one attached hydrogen (secondary N) is 1. The Morgan fingerprint density at radius 2 is 1.82 bits per heavy atom. The number of allylic oxidation sites excluding steroid dienone is 5. The van der Waals surface area contributed by atoms with Gasteiger partial charge >= 0.3 is 0 Å². The van der Waals surface area contributed by atoms with E-state index >= 15 is 0 Å². The minimum Gasteiger partial charge on any atom is -0.462 e. The molecule has 7 heteroatoms. The Balaban J connectivity index is 2.45. The molecule has 45 heavy (non-hydrogen) atoms. The average molecular weight is 618 g/mol. The molecule has 0 amide bonds. The smallest absolute Gasteiger partial charge is 0.200 e. The SMILES string of the molecule is C=CC(=CN=C(C)C(C)CC)C(=Nc1c(C)ncnc1NC(CC)CCC(C(=O)C1=CCCC=CO1)C(C)C)C(CC)CCC. The fourth-order valence-electron chi connectivity index (χ4n) is 5.53. The molecule has 1 aromatic heterocycles. The van der Waals surface area contributed by atoms with Gasteiger partial charge in [0.15, 0.2) is 11.6 Å². The van der Waals surface area contributed by atoms with E-state index in [1.54, 1.807) is 12.6 Å². The van der Waals surface area contributed by atoms with Crippen molar-refractivity contribution in [3.8, 4) is 0 Å². The zero-order valence-electron chi connectivity index (χ0n) is 29.5. The van der Waals surface area contributed by atoms with E-state index in [2.05, 4.69) is 77.3 Å². The molecular weight excluding hydrogens is 558 g/mol. The summed E-state index contributed by atoms with van der Waals surface area (Å²) in [5, 5.41) is 3.69. The molecule has 1 aliphatic heterocycles. The third-order valence-corrected chi connectivity index (χ3v) is 9.00. The quantitative estimate of drug-likeness (QED) is 0.123. The first-order valence-corrected chi connectivity index (χ1v) is 17.2. The van der Waals surface area contributed by atoms with E-state index in [0.29, 0.717) is 17.5 Å². The first-order chi connectivity index (χ1) is 21.6. The van der Waals surface area contributed by atoms with Crippen LogP contribution in [0.15, 0.2) is 64.9 Å². The number of anilines is 1. The fourth-order valence-corrected chi connectivity index (χ4v) is 5.53. The number of ether oxygens (including phenoxy) is 1. The van der Waals surface area contributed by atoms with Gasteiger partial charge in [-0.1, -0.05) is 67.5 Å². The summed E-state index contributed by atoms with van der Waals surface area (Å²) in [6.45, 7) is 23.4. The molecule has 0 bridgehead atoms. The van der Waals surface area contributed by atoms with Crippen LogP contribution in [0.5, 0.6) is 0 Å². The maximum atomic E-state index is 13.5. The third-order valence-electron chi connectivity index (χ3n) is 9.00. The van der Waals surface area contributed by atoms with Gasteiger partial charge in [0, 0.05) is 35.4 Å². The molecule has 0 saturated carbocycles. The molecule has 0 aliphatic carbocycles. The van der Waals surface area contributed by atoms with Crippen molar-refractivity contribution in [2.45, 2.75) is 126 Å². The van der Waals surface area contributed by atoms with E-state index in [4.69, 9.17) is 14.7 Å². The number of carbonyl (C=O) groups is 1. The number of hydrogen-bond acceptors (Lipinski definition) is 7. The molecule has 0 saturated heterocycles. The number of Topliss-reactive ketones (excluding diaryl/α,β-unsaturated/α-hetero) is 1. The van der Waals surface area contributed by atoms with Gasteiger partial charge in [-0.25, -0.2) is 15.0 Å². The van der Waals surface area contributed by atoms with Crippen molar-refractivity contribution in [1.82, 2.24) is 9.97 Å². The van der Waals surface area contributed by atoms with Crippen molar-refractivity contribution in [2.24, 2.45) is 33.7 Å². The summed E-state index contributed by atoms with van der Waals surface area (Å²) in [5.74, 6) is 2.04. The van der Waals surface area contributed by atoms with Crippen molar-refractivity contribution < 1.29 is 9.53 Å². The highest BCUT2D eigenvalue weighted by Crippen LogP contribution is 2.32. The van der Waals surface area contributed by atoms with Crippen LogP contribution in [0.25, 0.3) is 0 Å². The molecule has 1 aliphatic rings. The lowest BCUT2D eigenvalue weighted by Gasteiger charge is -2.25. The molecular formula is C38H59N5O2. The topological polar surface area (TPSA) is 88.8 Å². The van der Waals surface area contributed by atoms with Crippen LogP contribution in [0, 0.1) is 30.6 Å². The molecule has 4 atom stereocenters. The first-order valence-electron chi connectivity index (χ1n) is 17.2. The average Bonchev–Trinajstić information content (AvgIpc) is 3.33. The van der Waals surface area contributed by atoms with Crippen LogP contribution in [0.2, 0.25) is 0 Å². The van der Waals surface area contributed by atoms with Crippen LogP contribution in [0.3, 0.4) is 0 Å². The van der Waals surface area contributed by atoms with Crippen LogP contribution in [0.1, 0.15) is 119 Å². The summed E-state index contributed by atoms with van der Waals surface area (Å²) in [4.78, 5) is 32.8. The Morgan fingerprint density at radius 1 is 1.07 bits per heavy atom. The number of hydrogen-bond donors (Lipinski definition) is 1. The Kier molecular flexibility index (Phi) is 16.7. The van der Waals surface area contributed by atoms with Gasteiger partial charge in [0.05, 0.1) is 17.7 Å². The number of aliphatic imine (C=N–C) groups is 2. The van der Waals surface area contributed by atoms with Crippen LogP contribution >= 0.6 is 0 Å². The molecule has 0 aromatic carbocycles. The molecule has 0 radical (unpaired) electrons. The van der Waals surface area contributed by atoms with Gasteiger partial charge in [-0.15, -0.1) is 0 Å². The lowest BCUT2D eigenvalue weighted by atomic mass is 9.85. The van der Waals surface area contributed by atoms with Crippen LogP contribution in [-0.2, 0) is 9.53 Å². The largest absolute Gasteiger partial charge is 0.462 e. The Morgan fingerprint density at radius 3 is 2.44 bits per heavy atom. The third kappa shape index (κ3) is 11.5. The fraction of sp³-hybridized carbons (Fsp3) is 0.605. The summed E-state index contributed by atoms with van der Waals surface area (Å²) in [7, 11) is 0. The number of aryl methyl sites for hydroxylation is 1. The monoisotopic (exact) mass is 617 g/mol. The predicted molar refractivity (Wildman–Crippen MR) is 191 cm³/mol. The number of rotatable bonds is 19. The summed E-state index contributed by atoms with van der Waals surface area (Å²) in [6.07, 6.45) is 19.2. The van der Waals surface area contributed by atoms with Gasteiger partial charge in [-0.3, -0.25) is 9.79 Å². The summed E-state index contributed by atoms with van der Waals surface area (Å²) >= 11 is 0. The summed E-state index contributed by atoms with van der Waals surface area (Å²) in [5.41, 5.74) is 4.57. The molecule has 2 heterocycles. The van der Waals surface area contributed by atoms with Crippen LogP contribution in [-0.4, -0.2) is 33.2 Å². The highest BCUT2D eigenvalue weighted by Gasteiger charge is 2.28. The molecule has 1 N–H and O–H groups in total.